The predicted octanol–water partition coefficient (Wildman–Crippen LogP) is 1.88. The SMILES string of the molecule is O=C(NC1CCCCC1)N1CCCC[C@@H]1CO. The van der Waals surface area contributed by atoms with Gasteiger partial charge in [-0.3, -0.25) is 0 Å². The molecule has 4 nitrogen and oxygen atoms in total. The van der Waals surface area contributed by atoms with Crippen LogP contribution in [0.4, 0.5) is 4.79 Å². The van der Waals surface area contributed by atoms with Crippen molar-refractivity contribution in [3.05, 3.63) is 0 Å². The number of carbonyl (C=O) groups excluding carboxylic acids is 1. The normalized spacial score (nSPS) is 26.9. The summed E-state index contributed by atoms with van der Waals surface area (Å²) < 4.78 is 0. The summed E-state index contributed by atoms with van der Waals surface area (Å²) in [6.45, 7) is 0.891. The summed E-state index contributed by atoms with van der Waals surface area (Å²) in [5.74, 6) is 0. The van der Waals surface area contributed by atoms with Crippen molar-refractivity contribution in [3.63, 3.8) is 0 Å². The third-order valence-corrected chi connectivity index (χ3v) is 4.03. The van der Waals surface area contributed by atoms with Gasteiger partial charge in [0.2, 0.25) is 0 Å². The Balaban J connectivity index is 1.84. The topological polar surface area (TPSA) is 52.6 Å². The first-order valence-electron chi connectivity index (χ1n) is 6.99. The minimum Gasteiger partial charge on any atom is -0.394 e. The number of carbonyl (C=O) groups is 1. The molecule has 0 unspecified atom stereocenters. The number of amides is 2. The van der Waals surface area contributed by atoms with E-state index in [1.807, 2.05) is 4.90 Å². The van der Waals surface area contributed by atoms with Gasteiger partial charge in [0.25, 0.3) is 0 Å². The molecule has 4 heteroatoms. The van der Waals surface area contributed by atoms with Gasteiger partial charge in [-0.05, 0) is 32.1 Å². The average molecular weight is 240 g/mol. The van der Waals surface area contributed by atoms with E-state index in [-0.39, 0.29) is 18.7 Å². The minimum absolute atomic E-state index is 0.0346. The van der Waals surface area contributed by atoms with E-state index in [1.165, 1.54) is 19.3 Å². The molecular formula is C13H24N2O2. The lowest BCUT2D eigenvalue weighted by Crippen LogP contribution is -2.52. The molecule has 2 amide bonds. The van der Waals surface area contributed by atoms with Gasteiger partial charge in [-0.15, -0.1) is 0 Å². The number of rotatable bonds is 2. The third-order valence-electron chi connectivity index (χ3n) is 4.03. The summed E-state index contributed by atoms with van der Waals surface area (Å²) in [6.07, 6.45) is 9.12. The zero-order valence-corrected chi connectivity index (χ0v) is 10.5. The van der Waals surface area contributed by atoms with E-state index in [9.17, 15) is 9.90 Å². The lowest BCUT2D eigenvalue weighted by molar-refractivity contribution is 0.105. The van der Waals surface area contributed by atoms with Crippen molar-refractivity contribution in [3.8, 4) is 0 Å². The van der Waals surface area contributed by atoms with Gasteiger partial charge < -0.3 is 15.3 Å². The molecule has 0 spiro atoms. The minimum atomic E-state index is 0.0346. The molecule has 0 radical (unpaired) electrons. The van der Waals surface area contributed by atoms with Crippen LogP contribution in [0.2, 0.25) is 0 Å². The Morgan fingerprint density at radius 2 is 1.82 bits per heavy atom. The van der Waals surface area contributed by atoms with Gasteiger partial charge in [0, 0.05) is 12.6 Å². The fourth-order valence-electron chi connectivity index (χ4n) is 2.96. The molecule has 0 aromatic carbocycles. The molecule has 17 heavy (non-hydrogen) atoms. The van der Waals surface area contributed by atoms with Crippen molar-refractivity contribution in [2.24, 2.45) is 0 Å². The maximum atomic E-state index is 12.1. The highest BCUT2D eigenvalue weighted by Crippen LogP contribution is 2.20. The molecule has 2 N–H and O–H groups in total. The van der Waals surface area contributed by atoms with Gasteiger partial charge in [-0.1, -0.05) is 19.3 Å². The summed E-state index contributed by atoms with van der Waals surface area (Å²) in [7, 11) is 0. The molecule has 1 atom stereocenters. The summed E-state index contributed by atoms with van der Waals surface area (Å²) in [5, 5.41) is 12.4. The highest BCUT2D eigenvalue weighted by atomic mass is 16.3. The fraction of sp³-hybridized carbons (Fsp3) is 0.923. The zero-order valence-electron chi connectivity index (χ0n) is 10.5. The number of aliphatic hydroxyl groups is 1. The largest absolute Gasteiger partial charge is 0.394 e. The summed E-state index contributed by atoms with van der Waals surface area (Å²) >= 11 is 0. The predicted molar refractivity (Wildman–Crippen MR) is 66.8 cm³/mol. The van der Waals surface area contributed by atoms with Crippen molar-refractivity contribution in [2.45, 2.75) is 63.5 Å². The quantitative estimate of drug-likeness (QED) is 0.774. The zero-order chi connectivity index (χ0) is 12.1. The van der Waals surface area contributed by atoms with Crippen LogP contribution in [0, 0.1) is 0 Å². The second kappa shape index (κ2) is 6.24. The van der Waals surface area contributed by atoms with Crippen molar-refractivity contribution in [1.82, 2.24) is 10.2 Å². The third kappa shape index (κ3) is 3.35. The summed E-state index contributed by atoms with van der Waals surface area (Å²) in [4.78, 5) is 14.0. The van der Waals surface area contributed by atoms with Crippen LogP contribution in [0.1, 0.15) is 51.4 Å². The van der Waals surface area contributed by atoms with E-state index in [0.29, 0.717) is 6.04 Å². The molecule has 0 bridgehead atoms. The number of nitrogens with one attached hydrogen (secondary N) is 1. The summed E-state index contributed by atoms with van der Waals surface area (Å²) in [5.41, 5.74) is 0. The van der Waals surface area contributed by atoms with Crippen molar-refractivity contribution >= 4 is 6.03 Å². The van der Waals surface area contributed by atoms with E-state index >= 15 is 0 Å². The molecular weight excluding hydrogens is 216 g/mol. The number of hydrogen-bond donors (Lipinski definition) is 2. The van der Waals surface area contributed by atoms with E-state index in [4.69, 9.17) is 0 Å². The molecule has 0 aromatic heterocycles. The number of hydrogen-bond acceptors (Lipinski definition) is 2. The highest BCUT2D eigenvalue weighted by Gasteiger charge is 2.27. The van der Waals surface area contributed by atoms with E-state index < -0.39 is 0 Å². The lowest BCUT2D eigenvalue weighted by Gasteiger charge is -2.36. The summed E-state index contributed by atoms with van der Waals surface area (Å²) in [6, 6.07) is 0.431. The van der Waals surface area contributed by atoms with E-state index in [2.05, 4.69) is 5.32 Å². The number of nitrogens with zero attached hydrogens (tertiary/aromatic N) is 1. The number of piperidine rings is 1. The first-order chi connectivity index (χ1) is 8.31. The Morgan fingerprint density at radius 1 is 1.12 bits per heavy atom. The molecule has 2 fully saturated rings. The van der Waals surface area contributed by atoms with Crippen molar-refractivity contribution in [2.75, 3.05) is 13.2 Å². The van der Waals surface area contributed by atoms with Gasteiger partial charge in [-0.2, -0.15) is 0 Å². The van der Waals surface area contributed by atoms with Gasteiger partial charge >= 0.3 is 6.03 Å². The number of urea groups is 1. The van der Waals surface area contributed by atoms with Crippen LogP contribution in [-0.2, 0) is 0 Å². The standard InChI is InChI=1S/C13H24N2O2/c16-10-12-8-4-5-9-15(12)13(17)14-11-6-2-1-3-7-11/h11-12,16H,1-10H2,(H,14,17)/t12-/m1/s1. The smallest absolute Gasteiger partial charge is 0.317 e. The highest BCUT2D eigenvalue weighted by molar-refractivity contribution is 5.75. The molecule has 2 rings (SSSR count). The monoisotopic (exact) mass is 240 g/mol. The van der Waals surface area contributed by atoms with E-state index in [0.717, 1.165) is 38.6 Å². The average Bonchev–Trinajstić information content (AvgIpc) is 2.40. The van der Waals surface area contributed by atoms with Gasteiger partial charge in [0.15, 0.2) is 0 Å². The maximum Gasteiger partial charge on any atom is 0.317 e. The van der Waals surface area contributed by atoms with Crippen LogP contribution in [0.25, 0.3) is 0 Å². The fourth-order valence-corrected chi connectivity index (χ4v) is 2.96. The Bertz CT molecular complexity index is 252. The van der Waals surface area contributed by atoms with Crippen LogP contribution in [0.3, 0.4) is 0 Å². The molecule has 1 heterocycles. The molecule has 1 aliphatic heterocycles. The molecule has 1 aliphatic carbocycles. The molecule has 1 saturated heterocycles. The first kappa shape index (κ1) is 12.7. The van der Waals surface area contributed by atoms with E-state index in [1.54, 1.807) is 0 Å². The van der Waals surface area contributed by atoms with Gasteiger partial charge in [0.1, 0.15) is 0 Å². The van der Waals surface area contributed by atoms with Gasteiger partial charge in [0.05, 0.1) is 12.6 Å². The Kier molecular flexibility index (Phi) is 4.66. The van der Waals surface area contributed by atoms with Gasteiger partial charge in [-0.25, -0.2) is 4.79 Å². The molecule has 98 valence electrons. The molecule has 2 aliphatic rings. The van der Waals surface area contributed by atoms with Crippen LogP contribution >= 0.6 is 0 Å². The molecule has 0 aromatic rings. The van der Waals surface area contributed by atoms with Crippen LogP contribution in [0.5, 0.6) is 0 Å². The van der Waals surface area contributed by atoms with Crippen LogP contribution in [0.15, 0.2) is 0 Å². The van der Waals surface area contributed by atoms with Crippen LogP contribution < -0.4 is 5.32 Å². The first-order valence-corrected chi connectivity index (χ1v) is 6.99. The number of likely N-dealkylation sites (tertiary alicyclic amines) is 1. The van der Waals surface area contributed by atoms with Crippen molar-refractivity contribution < 1.29 is 9.90 Å². The second-order valence-corrected chi connectivity index (χ2v) is 5.31. The Morgan fingerprint density at radius 3 is 2.53 bits per heavy atom. The lowest BCUT2D eigenvalue weighted by atomic mass is 9.95. The van der Waals surface area contributed by atoms with Crippen molar-refractivity contribution in [1.29, 1.82) is 0 Å². The molecule has 1 saturated carbocycles. The maximum absolute atomic E-state index is 12.1. The second-order valence-electron chi connectivity index (χ2n) is 5.31. The number of aliphatic hydroxyl groups excluding tert-OH is 1. The Hall–Kier alpha value is -0.770. The Labute approximate surface area is 103 Å². The van der Waals surface area contributed by atoms with Crippen LogP contribution in [-0.4, -0.2) is 41.3 Å².